The zero-order chi connectivity index (χ0) is 12.3. The van der Waals surface area contributed by atoms with Crippen LogP contribution in [0.5, 0.6) is 0 Å². The minimum absolute atomic E-state index is 0.641. The Kier molecular flexibility index (Phi) is 4.41. The molecule has 0 amide bonds. The van der Waals surface area contributed by atoms with Gasteiger partial charge in [-0.1, -0.05) is 37.4 Å². The van der Waals surface area contributed by atoms with Gasteiger partial charge in [0.2, 0.25) is 0 Å². The van der Waals surface area contributed by atoms with Gasteiger partial charge < -0.3 is 0 Å². The van der Waals surface area contributed by atoms with Crippen LogP contribution in [-0.2, 0) is 6.54 Å². The Morgan fingerprint density at radius 3 is 2.88 bits per heavy atom. The summed E-state index contributed by atoms with van der Waals surface area (Å²) in [4.78, 5) is 6.57. The minimum Gasteiger partial charge on any atom is -0.299 e. The average Bonchev–Trinajstić information content (AvgIpc) is 2.32. The molecule has 1 saturated carbocycles. The van der Waals surface area contributed by atoms with Crippen molar-refractivity contribution in [3.8, 4) is 0 Å². The summed E-state index contributed by atoms with van der Waals surface area (Å²) in [5.41, 5.74) is 1.13. The number of nitrogens with zero attached hydrogens (tertiary/aromatic N) is 2. The number of aromatic nitrogens is 1. The van der Waals surface area contributed by atoms with Crippen LogP contribution in [0.4, 0.5) is 0 Å². The van der Waals surface area contributed by atoms with Crippen molar-refractivity contribution in [1.29, 1.82) is 0 Å². The highest BCUT2D eigenvalue weighted by atomic mass is 35.5. The van der Waals surface area contributed by atoms with Crippen LogP contribution in [0, 0.1) is 5.92 Å². The predicted molar refractivity (Wildman–Crippen MR) is 72.1 cm³/mol. The summed E-state index contributed by atoms with van der Waals surface area (Å²) in [5.74, 6) is 0.796. The molecule has 0 N–H and O–H groups in total. The SMILES string of the molecule is CC1CCCCC1N(C)Cc1cccnc1Cl. The molecular weight excluding hydrogens is 232 g/mol. The molecule has 1 aromatic rings. The summed E-state index contributed by atoms with van der Waals surface area (Å²) < 4.78 is 0. The second-order valence-corrected chi connectivity index (χ2v) is 5.56. The summed E-state index contributed by atoms with van der Waals surface area (Å²) in [5, 5.41) is 0.641. The van der Waals surface area contributed by atoms with Crippen molar-refractivity contribution in [2.24, 2.45) is 5.92 Å². The van der Waals surface area contributed by atoms with Crippen molar-refractivity contribution in [1.82, 2.24) is 9.88 Å². The lowest BCUT2D eigenvalue weighted by Gasteiger charge is -2.36. The third-order valence-corrected chi connectivity index (χ3v) is 4.23. The standard InChI is InChI=1S/C14H21ClN2/c1-11-6-3-4-8-13(11)17(2)10-12-7-5-9-16-14(12)15/h5,7,9,11,13H,3-4,6,8,10H2,1-2H3. The van der Waals surface area contributed by atoms with Crippen molar-refractivity contribution in [3.05, 3.63) is 29.0 Å². The van der Waals surface area contributed by atoms with Gasteiger partial charge in [-0.3, -0.25) is 4.90 Å². The smallest absolute Gasteiger partial charge is 0.133 e. The Hall–Kier alpha value is -0.600. The van der Waals surface area contributed by atoms with Crippen LogP contribution < -0.4 is 0 Å². The molecule has 2 rings (SSSR count). The van der Waals surface area contributed by atoms with Crippen LogP contribution in [0.15, 0.2) is 18.3 Å². The normalized spacial score (nSPS) is 25.2. The first-order valence-electron chi connectivity index (χ1n) is 6.48. The van der Waals surface area contributed by atoms with Gasteiger partial charge in [0.15, 0.2) is 0 Å². The maximum atomic E-state index is 6.11. The van der Waals surface area contributed by atoms with Crippen LogP contribution in [0.1, 0.15) is 38.2 Å². The highest BCUT2D eigenvalue weighted by molar-refractivity contribution is 6.30. The molecule has 2 nitrogen and oxygen atoms in total. The van der Waals surface area contributed by atoms with Gasteiger partial charge in [-0.15, -0.1) is 0 Å². The van der Waals surface area contributed by atoms with Gasteiger partial charge in [-0.05, 0) is 31.9 Å². The summed E-state index contributed by atoms with van der Waals surface area (Å²) >= 11 is 6.11. The maximum Gasteiger partial charge on any atom is 0.133 e. The summed E-state index contributed by atoms with van der Waals surface area (Å²) in [6.45, 7) is 3.27. The van der Waals surface area contributed by atoms with Crippen molar-refractivity contribution in [2.45, 2.75) is 45.2 Å². The van der Waals surface area contributed by atoms with Crippen LogP contribution in [-0.4, -0.2) is 23.0 Å². The molecular formula is C14H21ClN2. The molecule has 0 bridgehead atoms. The van der Waals surface area contributed by atoms with E-state index in [4.69, 9.17) is 11.6 Å². The molecule has 0 radical (unpaired) electrons. The monoisotopic (exact) mass is 252 g/mol. The van der Waals surface area contributed by atoms with Crippen molar-refractivity contribution >= 4 is 11.6 Å². The fourth-order valence-corrected chi connectivity index (χ4v) is 3.05. The van der Waals surface area contributed by atoms with Crippen molar-refractivity contribution in [3.63, 3.8) is 0 Å². The molecule has 0 aliphatic heterocycles. The lowest BCUT2D eigenvalue weighted by atomic mass is 9.85. The van der Waals surface area contributed by atoms with E-state index in [2.05, 4.69) is 29.9 Å². The molecule has 0 saturated heterocycles. The zero-order valence-electron chi connectivity index (χ0n) is 10.7. The molecule has 2 unspecified atom stereocenters. The Morgan fingerprint density at radius 2 is 2.18 bits per heavy atom. The summed E-state index contributed by atoms with van der Waals surface area (Å²) in [6, 6.07) is 4.72. The summed E-state index contributed by atoms with van der Waals surface area (Å²) in [6.07, 6.45) is 7.17. The van der Waals surface area contributed by atoms with Crippen LogP contribution in [0.3, 0.4) is 0 Å². The van der Waals surface area contributed by atoms with Crippen LogP contribution in [0.25, 0.3) is 0 Å². The Labute approximate surface area is 109 Å². The van der Waals surface area contributed by atoms with Gasteiger partial charge in [0.05, 0.1) is 0 Å². The van der Waals surface area contributed by atoms with E-state index in [0.717, 1.165) is 18.0 Å². The van der Waals surface area contributed by atoms with Crippen LogP contribution in [0.2, 0.25) is 5.15 Å². The number of rotatable bonds is 3. The number of hydrogen-bond donors (Lipinski definition) is 0. The average molecular weight is 253 g/mol. The number of hydrogen-bond acceptors (Lipinski definition) is 2. The van der Waals surface area contributed by atoms with Gasteiger partial charge >= 0.3 is 0 Å². The number of halogens is 1. The molecule has 0 aromatic carbocycles. The molecule has 1 aromatic heterocycles. The van der Waals surface area contributed by atoms with E-state index < -0.39 is 0 Å². The topological polar surface area (TPSA) is 16.1 Å². The van der Waals surface area contributed by atoms with Crippen molar-refractivity contribution < 1.29 is 0 Å². The molecule has 1 fully saturated rings. The molecule has 94 valence electrons. The van der Waals surface area contributed by atoms with Gasteiger partial charge in [0.25, 0.3) is 0 Å². The van der Waals surface area contributed by atoms with E-state index in [0.29, 0.717) is 11.2 Å². The molecule has 1 aliphatic carbocycles. The third-order valence-electron chi connectivity index (χ3n) is 3.89. The van der Waals surface area contributed by atoms with Crippen molar-refractivity contribution in [2.75, 3.05) is 7.05 Å². The van der Waals surface area contributed by atoms with E-state index >= 15 is 0 Å². The van der Waals surface area contributed by atoms with Gasteiger partial charge in [-0.2, -0.15) is 0 Å². The molecule has 3 heteroatoms. The first kappa shape index (κ1) is 12.8. The fourth-order valence-electron chi connectivity index (χ4n) is 2.87. The molecule has 17 heavy (non-hydrogen) atoms. The molecule has 1 aliphatic rings. The highest BCUT2D eigenvalue weighted by Crippen LogP contribution is 2.28. The largest absolute Gasteiger partial charge is 0.299 e. The lowest BCUT2D eigenvalue weighted by molar-refractivity contribution is 0.133. The number of pyridine rings is 1. The van der Waals surface area contributed by atoms with Gasteiger partial charge in [0, 0.05) is 24.3 Å². The quantitative estimate of drug-likeness (QED) is 0.762. The van der Waals surface area contributed by atoms with E-state index in [-0.39, 0.29) is 0 Å². The molecule has 1 heterocycles. The predicted octanol–water partition coefficient (Wildman–Crippen LogP) is 3.75. The minimum atomic E-state index is 0.641. The Bertz CT molecular complexity index is 367. The third kappa shape index (κ3) is 3.20. The lowest BCUT2D eigenvalue weighted by Crippen LogP contribution is -2.38. The fraction of sp³-hybridized carbons (Fsp3) is 0.643. The van der Waals surface area contributed by atoms with E-state index in [1.807, 2.05) is 6.07 Å². The van der Waals surface area contributed by atoms with Gasteiger partial charge in [-0.25, -0.2) is 4.98 Å². The van der Waals surface area contributed by atoms with Crippen LogP contribution >= 0.6 is 11.6 Å². The molecule has 0 spiro atoms. The first-order valence-corrected chi connectivity index (χ1v) is 6.86. The zero-order valence-corrected chi connectivity index (χ0v) is 11.5. The van der Waals surface area contributed by atoms with E-state index in [1.54, 1.807) is 6.20 Å². The van der Waals surface area contributed by atoms with E-state index in [1.165, 1.54) is 25.7 Å². The molecule has 2 atom stereocenters. The first-order chi connectivity index (χ1) is 8.18. The Balaban J connectivity index is 2.01. The van der Waals surface area contributed by atoms with Gasteiger partial charge in [0.1, 0.15) is 5.15 Å². The van der Waals surface area contributed by atoms with E-state index in [9.17, 15) is 0 Å². The Morgan fingerprint density at radius 1 is 1.41 bits per heavy atom. The maximum absolute atomic E-state index is 6.11. The highest BCUT2D eigenvalue weighted by Gasteiger charge is 2.25. The second-order valence-electron chi connectivity index (χ2n) is 5.20. The summed E-state index contributed by atoms with van der Waals surface area (Å²) in [7, 11) is 2.20. The second kappa shape index (κ2) is 5.83.